The van der Waals surface area contributed by atoms with Crippen molar-refractivity contribution in [3.05, 3.63) is 57.6 Å². The minimum atomic E-state index is -0.474. The standard InChI is InChI=1S/C29H42O4/c1-8-10-11-23(9-2)18-33-26(30)12-13-29(7,24-14-19(3)27(31)20(4)15-24)25-16-21(5)28(32)22(6)17-25/h14-17,23,31-32H,8-13,18H2,1-7H3. The molecule has 2 aromatic rings. The first kappa shape index (κ1) is 26.8. The van der Waals surface area contributed by atoms with Crippen LogP contribution < -0.4 is 0 Å². The van der Waals surface area contributed by atoms with Gasteiger partial charge in [-0.05, 0) is 79.8 Å². The van der Waals surface area contributed by atoms with Gasteiger partial charge >= 0.3 is 5.97 Å². The van der Waals surface area contributed by atoms with Crippen LogP contribution in [0.3, 0.4) is 0 Å². The normalized spacial score (nSPS) is 12.6. The number of benzene rings is 2. The summed E-state index contributed by atoms with van der Waals surface area (Å²) in [6.45, 7) is 14.5. The number of unbranched alkanes of at least 4 members (excludes halogenated alkanes) is 1. The molecule has 182 valence electrons. The van der Waals surface area contributed by atoms with Crippen molar-refractivity contribution >= 4 is 5.97 Å². The van der Waals surface area contributed by atoms with Crippen LogP contribution in [0, 0.1) is 33.6 Å². The number of aryl methyl sites for hydroxylation is 4. The maximum Gasteiger partial charge on any atom is 0.305 e. The molecule has 0 aliphatic carbocycles. The quantitative estimate of drug-likeness (QED) is 0.353. The van der Waals surface area contributed by atoms with E-state index in [0.717, 1.165) is 59.1 Å². The molecule has 0 aromatic heterocycles. The van der Waals surface area contributed by atoms with Gasteiger partial charge in [0.1, 0.15) is 11.5 Å². The Labute approximate surface area is 200 Å². The van der Waals surface area contributed by atoms with E-state index in [9.17, 15) is 15.0 Å². The molecule has 2 aromatic carbocycles. The van der Waals surface area contributed by atoms with Crippen LogP contribution in [0.1, 0.15) is 92.7 Å². The fourth-order valence-electron chi connectivity index (χ4n) is 4.54. The Bertz CT molecular complexity index is 857. The molecule has 2 N–H and O–H groups in total. The molecule has 0 radical (unpaired) electrons. The van der Waals surface area contributed by atoms with E-state index in [-0.39, 0.29) is 5.97 Å². The number of hydrogen-bond donors (Lipinski definition) is 2. The fourth-order valence-corrected chi connectivity index (χ4v) is 4.54. The third kappa shape index (κ3) is 6.52. The Morgan fingerprint density at radius 2 is 1.36 bits per heavy atom. The third-order valence-electron chi connectivity index (χ3n) is 7.11. The molecule has 0 spiro atoms. The summed E-state index contributed by atoms with van der Waals surface area (Å²) < 4.78 is 5.67. The molecule has 1 unspecified atom stereocenters. The third-order valence-corrected chi connectivity index (χ3v) is 7.11. The highest BCUT2D eigenvalue weighted by molar-refractivity contribution is 5.70. The number of aromatic hydroxyl groups is 2. The minimum absolute atomic E-state index is 0.171. The van der Waals surface area contributed by atoms with Gasteiger partial charge in [-0.25, -0.2) is 0 Å². The Balaban J connectivity index is 2.32. The predicted octanol–water partition coefficient (Wildman–Crippen LogP) is 7.18. The molecule has 0 saturated heterocycles. The lowest BCUT2D eigenvalue weighted by Gasteiger charge is -2.33. The van der Waals surface area contributed by atoms with Gasteiger partial charge in [0.25, 0.3) is 0 Å². The maximum atomic E-state index is 12.7. The van der Waals surface area contributed by atoms with Gasteiger partial charge < -0.3 is 14.9 Å². The molecule has 0 fully saturated rings. The molecule has 4 heteroatoms. The van der Waals surface area contributed by atoms with Crippen molar-refractivity contribution in [2.45, 2.75) is 92.4 Å². The summed E-state index contributed by atoms with van der Waals surface area (Å²) in [6.07, 6.45) is 5.30. The van der Waals surface area contributed by atoms with Gasteiger partial charge in [0, 0.05) is 11.8 Å². The molecule has 2 rings (SSSR count). The highest BCUT2D eigenvalue weighted by atomic mass is 16.5. The second-order valence-corrected chi connectivity index (χ2v) is 9.85. The van der Waals surface area contributed by atoms with Crippen LogP contribution in [0.4, 0.5) is 0 Å². The van der Waals surface area contributed by atoms with Crippen molar-refractivity contribution in [1.82, 2.24) is 0 Å². The first-order chi connectivity index (χ1) is 15.5. The zero-order valence-corrected chi connectivity index (χ0v) is 21.5. The molecule has 0 heterocycles. The van der Waals surface area contributed by atoms with Crippen LogP contribution >= 0.6 is 0 Å². The zero-order valence-electron chi connectivity index (χ0n) is 21.5. The van der Waals surface area contributed by atoms with Gasteiger partial charge in [-0.15, -0.1) is 0 Å². The fraction of sp³-hybridized carbons (Fsp3) is 0.552. The number of carbonyl (C=O) groups excluding carboxylic acids is 1. The predicted molar refractivity (Wildman–Crippen MR) is 135 cm³/mol. The average molecular weight is 455 g/mol. The van der Waals surface area contributed by atoms with Gasteiger partial charge in [-0.1, -0.05) is 64.3 Å². The lowest BCUT2D eigenvalue weighted by atomic mass is 9.71. The van der Waals surface area contributed by atoms with E-state index in [1.54, 1.807) is 0 Å². The summed E-state index contributed by atoms with van der Waals surface area (Å²) in [7, 11) is 0. The van der Waals surface area contributed by atoms with Gasteiger partial charge in [0.05, 0.1) is 6.61 Å². The van der Waals surface area contributed by atoms with Gasteiger partial charge in [0.15, 0.2) is 0 Å². The molecule has 0 aliphatic heterocycles. The topological polar surface area (TPSA) is 66.8 Å². The second-order valence-electron chi connectivity index (χ2n) is 9.85. The van der Waals surface area contributed by atoms with E-state index in [1.807, 2.05) is 52.0 Å². The van der Waals surface area contributed by atoms with Crippen molar-refractivity contribution in [1.29, 1.82) is 0 Å². The van der Waals surface area contributed by atoms with Crippen LogP contribution in [0.25, 0.3) is 0 Å². The minimum Gasteiger partial charge on any atom is -0.507 e. The Kier molecular flexibility index (Phi) is 9.39. The molecular weight excluding hydrogens is 412 g/mol. The van der Waals surface area contributed by atoms with Crippen LogP contribution in [0.15, 0.2) is 24.3 Å². The summed E-state index contributed by atoms with van der Waals surface area (Å²) in [4.78, 5) is 12.7. The molecule has 0 saturated carbocycles. The molecule has 0 amide bonds. The van der Waals surface area contributed by atoms with Crippen molar-refractivity contribution < 1.29 is 19.7 Å². The summed E-state index contributed by atoms with van der Waals surface area (Å²) in [5.41, 5.74) is 4.86. The largest absolute Gasteiger partial charge is 0.507 e. The van der Waals surface area contributed by atoms with Crippen molar-refractivity contribution in [3.8, 4) is 11.5 Å². The summed E-state index contributed by atoms with van der Waals surface area (Å²) in [5.74, 6) is 0.855. The molecule has 1 atom stereocenters. The first-order valence-electron chi connectivity index (χ1n) is 12.3. The van der Waals surface area contributed by atoms with Crippen molar-refractivity contribution in [3.63, 3.8) is 0 Å². The number of carbonyl (C=O) groups is 1. The van der Waals surface area contributed by atoms with Crippen molar-refractivity contribution in [2.75, 3.05) is 6.61 Å². The highest BCUT2D eigenvalue weighted by Gasteiger charge is 2.32. The number of hydrogen-bond acceptors (Lipinski definition) is 4. The molecular formula is C29H42O4. The van der Waals surface area contributed by atoms with Gasteiger partial charge in [-0.3, -0.25) is 4.79 Å². The number of esters is 1. The monoisotopic (exact) mass is 454 g/mol. The number of phenols is 2. The number of rotatable bonds is 11. The zero-order chi connectivity index (χ0) is 24.8. The molecule has 0 bridgehead atoms. The lowest BCUT2D eigenvalue weighted by Crippen LogP contribution is -2.26. The number of phenolic OH excluding ortho intramolecular Hbond substituents is 2. The van der Waals surface area contributed by atoms with Gasteiger partial charge in [0.2, 0.25) is 0 Å². The number of ether oxygens (including phenoxy) is 1. The van der Waals surface area contributed by atoms with E-state index < -0.39 is 5.41 Å². The Morgan fingerprint density at radius 1 is 0.909 bits per heavy atom. The summed E-state index contributed by atoms with van der Waals surface area (Å²) >= 11 is 0. The lowest BCUT2D eigenvalue weighted by molar-refractivity contribution is -0.145. The summed E-state index contributed by atoms with van der Waals surface area (Å²) in [5, 5.41) is 20.6. The van der Waals surface area contributed by atoms with Crippen LogP contribution in [0.2, 0.25) is 0 Å². The van der Waals surface area contributed by atoms with E-state index in [1.165, 1.54) is 0 Å². The van der Waals surface area contributed by atoms with E-state index in [0.29, 0.717) is 36.9 Å². The Hall–Kier alpha value is -2.49. The van der Waals surface area contributed by atoms with E-state index >= 15 is 0 Å². The molecule has 33 heavy (non-hydrogen) atoms. The maximum absolute atomic E-state index is 12.7. The smallest absolute Gasteiger partial charge is 0.305 e. The van der Waals surface area contributed by atoms with E-state index in [2.05, 4.69) is 20.8 Å². The second kappa shape index (κ2) is 11.6. The first-order valence-corrected chi connectivity index (χ1v) is 12.3. The van der Waals surface area contributed by atoms with Crippen molar-refractivity contribution in [2.24, 2.45) is 5.92 Å². The summed E-state index contributed by atoms with van der Waals surface area (Å²) in [6, 6.07) is 8.01. The van der Waals surface area contributed by atoms with Crippen LogP contribution in [-0.4, -0.2) is 22.8 Å². The van der Waals surface area contributed by atoms with Gasteiger partial charge in [-0.2, -0.15) is 0 Å². The van der Waals surface area contributed by atoms with Crippen LogP contribution in [0.5, 0.6) is 11.5 Å². The average Bonchev–Trinajstić information content (AvgIpc) is 2.78. The molecule has 0 aliphatic rings. The van der Waals surface area contributed by atoms with Crippen LogP contribution in [-0.2, 0) is 14.9 Å². The Morgan fingerprint density at radius 3 is 1.76 bits per heavy atom. The SMILES string of the molecule is CCCCC(CC)COC(=O)CCC(C)(c1cc(C)c(O)c(C)c1)c1cc(C)c(O)c(C)c1. The van der Waals surface area contributed by atoms with E-state index in [4.69, 9.17) is 4.74 Å². The molecule has 4 nitrogen and oxygen atoms in total. The highest BCUT2D eigenvalue weighted by Crippen LogP contribution is 2.41.